The summed E-state index contributed by atoms with van der Waals surface area (Å²) in [7, 11) is 0. The van der Waals surface area contributed by atoms with Crippen molar-refractivity contribution in [1.82, 2.24) is 5.32 Å². The average molecular weight is 260 g/mol. The maximum atomic E-state index is 6.05. The molecule has 1 atom stereocenters. The molecule has 0 radical (unpaired) electrons. The molecular formula is C12H15Cl2NO. The zero-order valence-electron chi connectivity index (χ0n) is 9.39. The molecule has 1 heterocycles. The van der Waals surface area contributed by atoms with Gasteiger partial charge in [0.1, 0.15) is 11.9 Å². The van der Waals surface area contributed by atoms with Gasteiger partial charge in [0.2, 0.25) is 0 Å². The molecule has 0 aliphatic carbocycles. The van der Waals surface area contributed by atoms with E-state index in [0.717, 1.165) is 13.0 Å². The number of ether oxygens (including phenoxy) is 1. The van der Waals surface area contributed by atoms with Crippen LogP contribution in [0.25, 0.3) is 0 Å². The third-order valence-electron chi connectivity index (χ3n) is 2.73. The van der Waals surface area contributed by atoms with Gasteiger partial charge in [0.15, 0.2) is 0 Å². The largest absolute Gasteiger partial charge is 0.487 e. The van der Waals surface area contributed by atoms with E-state index in [1.165, 1.54) is 0 Å². The molecular weight excluding hydrogens is 245 g/mol. The second-order valence-electron chi connectivity index (χ2n) is 4.78. The van der Waals surface area contributed by atoms with Crippen molar-refractivity contribution in [2.45, 2.75) is 31.9 Å². The van der Waals surface area contributed by atoms with E-state index in [9.17, 15) is 0 Å². The van der Waals surface area contributed by atoms with Crippen LogP contribution in [-0.4, -0.2) is 18.2 Å². The van der Waals surface area contributed by atoms with Crippen LogP contribution in [0.1, 0.15) is 20.3 Å². The minimum Gasteiger partial charge on any atom is -0.487 e. The van der Waals surface area contributed by atoms with Gasteiger partial charge < -0.3 is 10.1 Å². The van der Waals surface area contributed by atoms with Gasteiger partial charge >= 0.3 is 0 Å². The fraction of sp³-hybridized carbons (Fsp3) is 0.500. The molecule has 1 fully saturated rings. The summed E-state index contributed by atoms with van der Waals surface area (Å²) < 4.78 is 5.84. The molecule has 4 heteroatoms. The van der Waals surface area contributed by atoms with E-state index in [-0.39, 0.29) is 11.6 Å². The first-order valence-electron chi connectivity index (χ1n) is 5.33. The predicted molar refractivity (Wildman–Crippen MR) is 67.6 cm³/mol. The lowest BCUT2D eigenvalue weighted by Gasteiger charge is -2.18. The first-order valence-corrected chi connectivity index (χ1v) is 6.09. The summed E-state index contributed by atoms with van der Waals surface area (Å²) in [4.78, 5) is 0. The lowest BCUT2D eigenvalue weighted by atomic mass is 10.0. The smallest absolute Gasteiger partial charge is 0.138 e. The van der Waals surface area contributed by atoms with E-state index >= 15 is 0 Å². The van der Waals surface area contributed by atoms with Crippen LogP contribution in [-0.2, 0) is 0 Å². The van der Waals surface area contributed by atoms with E-state index < -0.39 is 0 Å². The first kappa shape index (κ1) is 12.0. The number of halogens is 2. The van der Waals surface area contributed by atoms with Crippen LogP contribution >= 0.6 is 23.2 Å². The third kappa shape index (κ3) is 2.82. The molecule has 1 saturated heterocycles. The molecule has 0 spiro atoms. The molecule has 16 heavy (non-hydrogen) atoms. The lowest BCUT2D eigenvalue weighted by Crippen LogP contribution is -2.31. The van der Waals surface area contributed by atoms with Crippen molar-refractivity contribution >= 4 is 23.2 Å². The Hall–Kier alpha value is -0.440. The van der Waals surface area contributed by atoms with Gasteiger partial charge in [-0.1, -0.05) is 23.2 Å². The molecule has 0 aromatic heterocycles. The van der Waals surface area contributed by atoms with Gasteiger partial charge in [-0.3, -0.25) is 0 Å². The van der Waals surface area contributed by atoms with Crippen molar-refractivity contribution in [3.8, 4) is 5.75 Å². The Labute approximate surface area is 106 Å². The Kier molecular flexibility index (Phi) is 3.34. The Morgan fingerprint density at radius 3 is 2.69 bits per heavy atom. The molecule has 0 amide bonds. The first-order chi connectivity index (χ1) is 7.46. The summed E-state index contributed by atoms with van der Waals surface area (Å²) >= 11 is 11.9. The lowest BCUT2D eigenvalue weighted by molar-refractivity contribution is 0.214. The van der Waals surface area contributed by atoms with Gasteiger partial charge in [0.25, 0.3) is 0 Å². The molecule has 0 saturated carbocycles. The topological polar surface area (TPSA) is 21.3 Å². The van der Waals surface area contributed by atoms with E-state index in [1.807, 2.05) is 6.07 Å². The molecule has 1 aromatic rings. The number of hydrogen-bond acceptors (Lipinski definition) is 2. The number of benzene rings is 1. The summed E-state index contributed by atoms with van der Waals surface area (Å²) in [5, 5.41) is 4.60. The van der Waals surface area contributed by atoms with Gasteiger partial charge in [-0.2, -0.15) is 0 Å². The highest BCUT2D eigenvalue weighted by atomic mass is 35.5. The molecule has 1 N–H and O–H groups in total. The minimum absolute atomic E-state index is 0.142. The monoisotopic (exact) mass is 259 g/mol. The maximum Gasteiger partial charge on any atom is 0.138 e. The normalized spacial score (nSPS) is 23.4. The van der Waals surface area contributed by atoms with Crippen molar-refractivity contribution in [3.63, 3.8) is 0 Å². The SMILES string of the molecule is CC1(C)CC(Oc2ccc(Cl)cc2Cl)CN1. The van der Waals surface area contributed by atoms with Gasteiger partial charge in [-0.25, -0.2) is 0 Å². The summed E-state index contributed by atoms with van der Waals surface area (Å²) in [5.41, 5.74) is 0.142. The molecule has 2 rings (SSSR count). The zero-order chi connectivity index (χ0) is 11.8. The van der Waals surface area contributed by atoms with Crippen molar-refractivity contribution in [2.24, 2.45) is 0 Å². The molecule has 0 bridgehead atoms. The molecule has 1 aromatic carbocycles. The minimum atomic E-state index is 0.142. The Morgan fingerprint density at radius 1 is 1.38 bits per heavy atom. The van der Waals surface area contributed by atoms with Crippen LogP contribution in [0.15, 0.2) is 18.2 Å². The van der Waals surface area contributed by atoms with Crippen molar-refractivity contribution in [3.05, 3.63) is 28.2 Å². The highest BCUT2D eigenvalue weighted by molar-refractivity contribution is 6.35. The van der Waals surface area contributed by atoms with Gasteiger partial charge in [0, 0.05) is 23.5 Å². The van der Waals surface area contributed by atoms with Crippen molar-refractivity contribution in [1.29, 1.82) is 0 Å². The molecule has 1 aliphatic heterocycles. The van der Waals surface area contributed by atoms with Gasteiger partial charge in [-0.05, 0) is 32.0 Å². The fourth-order valence-corrected chi connectivity index (χ4v) is 2.39. The number of rotatable bonds is 2. The van der Waals surface area contributed by atoms with Crippen molar-refractivity contribution in [2.75, 3.05) is 6.54 Å². The predicted octanol–water partition coefficient (Wildman–Crippen LogP) is 3.51. The van der Waals surface area contributed by atoms with Crippen LogP contribution in [0.5, 0.6) is 5.75 Å². The zero-order valence-corrected chi connectivity index (χ0v) is 10.9. The van der Waals surface area contributed by atoms with Gasteiger partial charge in [0.05, 0.1) is 5.02 Å². The quantitative estimate of drug-likeness (QED) is 0.878. The third-order valence-corrected chi connectivity index (χ3v) is 3.26. The standard InChI is InChI=1S/C12H15Cl2NO/c1-12(2)6-9(7-15-12)16-11-4-3-8(13)5-10(11)14/h3-5,9,15H,6-7H2,1-2H3. The van der Waals surface area contributed by atoms with Crippen LogP contribution in [0.4, 0.5) is 0 Å². The molecule has 2 nitrogen and oxygen atoms in total. The van der Waals surface area contributed by atoms with Crippen LogP contribution in [0.3, 0.4) is 0 Å². The summed E-state index contributed by atoms with van der Waals surface area (Å²) in [6.45, 7) is 5.19. The molecule has 1 aliphatic rings. The Bertz CT molecular complexity index is 393. The van der Waals surface area contributed by atoms with E-state index in [1.54, 1.807) is 12.1 Å². The Balaban J connectivity index is 2.05. The maximum absolute atomic E-state index is 6.05. The van der Waals surface area contributed by atoms with Crippen molar-refractivity contribution < 1.29 is 4.74 Å². The van der Waals surface area contributed by atoms with E-state index in [0.29, 0.717) is 15.8 Å². The molecule has 1 unspecified atom stereocenters. The average Bonchev–Trinajstić information content (AvgIpc) is 2.51. The Morgan fingerprint density at radius 2 is 2.12 bits per heavy atom. The van der Waals surface area contributed by atoms with Crippen LogP contribution in [0.2, 0.25) is 10.0 Å². The van der Waals surface area contributed by atoms with E-state index in [2.05, 4.69) is 19.2 Å². The highest BCUT2D eigenvalue weighted by Crippen LogP contribution is 2.30. The van der Waals surface area contributed by atoms with Crippen LogP contribution < -0.4 is 10.1 Å². The second-order valence-corrected chi connectivity index (χ2v) is 5.63. The summed E-state index contributed by atoms with van der Waals surface area (Å²) in [6, 6.07) is 5.30. The second kappa shape index (κ2) is 4.44. The van der Waals surface area contributed by atoms with E-state index in [4.69, 9.17) is 27.9 Å². The summed E-state index contributed by atoms with van der Waals surface area (Å²) in [5.74, 6) is 0.704. The van der Waals surface area contributed by atoms with Crippen LogP contribution in [0, 0.1) is 0 Å². The number of nitrogens with one attached hydrogen (secondary N) is 1. The summed E-state index contributed by atoms with van der Waals surface area (Å²) in [6.07, 6.45) is 1.15. The highest BCUT2D eigenvalue weighted by Gasteiger charge is 2.31. The number of hydrogen-bond donors (Lipinski definition) is 1. The molecule has 88 valence electrons. The fourth-order valence-electron chi connectivity index (χ4n) is 1.94. The van der Waals surface area contributed by atoms with Gasteiger partial charge in [-0.15, -0.1) is 0 Å².